The van der Waals surface area contributed by atoms with Gasteiger partial charge >= 0.3 is 0 Å². The van der Waals surface area contributed by atoms with Gasteiger partial charge in [0.15, 0.2) is 16.4 Å². The SMILES string of the molecule is Cc1cccc(C)c1OCC(=O)N[C@@H](Cc1cccc(Br)c1)[C@H](O)C[C@@H](CC(C)C)S(=O)(=O)c1ccc(F)cc1. The van der Waals surface area contributed by atoms with Gasteiger partial charge in [-0.1, -0.05) is 60.1 Å². The second-order valence-electron chi connectivity index (χ2n) is 10.6. The molecule has 0 heterocycles. The third-order valence-electron chi connectivity index (χ3n) is 6.73. The molecule has 2 N–H and O–H groups in total. The molecule has 216 valence electrons. The quantitative estimate of drug-likeness (QED) is 0.227. The number of benzene rings is 3. The molecule has 3 rings (SSSR count). The molecule has 0 aromatic heterocycles. The van der Waals surface area contributed by atoms with Crippen LogP contribution in [-0.2, 0) is 21.1 Å². The summed E-state index contributed by atoms with van der Waals surface area (Å²) < 4.78 is 47.2. The zero-order chi connectivity index (χ0) is 29.4. The van der Waals surface area contributed by atoms with Gasteiger partial charge < -0.3 is 15.2 Å². The average Bonchev–Trinajstić information content (AvgIpc) is 2.87. The standard InChI is InChI=1S/C31H37BrFNO5S/c1-20(2)15-27(40(37,38)26-13-11-25(33)12-14-26)18-29(35)28(17-23-9-6-10-24(32)16-23)34-30(36)19-39-31-21(3)7-5-8-22(31)4/h5-14,16,20,27-29,35H,15,17-19H2,1-4H3,(H,34,36)/t27-,28+,29-/m1/s1. The number of rotatable bonds is 13. The van der Waals surface area contributed by atoms with Crippen LogP contribution in [0.2, 0.25) is 0 Å². The van der Waals surface area contributed by atoms with Crippen LogP contribution in [0.4, 0.5) is 4.39 Å². The van der Waals surface area contributed by atoms with Gasteiger partial charge in [0.05, 0.1) is 22.3 Å². The highest BCUT2D eigenvalue weighted by molar-refractivity contribution is 9.10. The van der Waals surface area contributed by atoms with E-state index in [-0.39, 0.29) is 30.3 Å². The minimum absolute atomic E-state index is 0.00123. The fraction of sp³-hybridized carbons (Fsp3) is 0.387. The van der Waals surface area contributed by atoms with Crippen molar-refractivity contribution in [2.45, 2.75) is 69.2 Å². The molecule has 0 spiro atoms. The van der Waals surface area contributed by atoms with E-state index in [1.807, 2.05) is 70.2 Å². The number of carbonyl (C=O) groups excluding carboxylic acids is 1. The van der Waals surface area contributed by atoms with E-state index in [0.717, 1.165) is 33.3 Å². The lowest BCUT2D eigenvalue weighted by Gasteiger charge is -2.29. The molecule has 40 heavy (non-hydrogen) atoms. The normalized spacial score (nSPS) is 14.0. The molecule has 6 nitrogen and oxygen atoms in total. The molecule has 0 saturated carbocycles. The summed E-state index contributed by atoms with van der Waals surface area (Å²) in [5.41, 5.74) is 2.67. The number of halogens is 2. The number of ether oxygens (including phenoxy) is 1. The van der Waals surface area contributed by atoms with Crippen LogP contribution in [0.25, 0.3) is 0 Å². The van der Waals surface area contributed by atoms with Gasteiger partial charge in [-0.15, -0.1) is 0 Å². The first-order valence-electron chi connectivity index (χ1n) is 13.3. The maximum atomic E-state index is 13.5. The third kappa shape index (κ3) is 8.88. The van der Waals surface area contributed by atoms with E-state index in [4.69, 9.17) is 4.74 Å². The fourth-order valence-corrected chi connectivity index (χ4v) is 7.18. The molecular weight excluding hydrogens is 597 g/mol. The lowest BCUT2D eigenvalue weighted by Crippen LogP contribution is -2.48. The number of hydrogen-bond donors (Lipinski definition) is 2. The van der Waals surface area contributed by atoms with Crippen molar-refractivity contribution in [3.63, 3.8) is 0 Å². The molecule has 0 unspecified atom stereocenters. The number of carbonyl (C=O) groups is 1. The van der Waals surface area contributed by atoms with E-state index in [1.54, 1.807) is 0 Å². The highest BCUT2D eigenvalue weighted by Crippen LogP contribution is 2.27. The number of aliphatic hydroxyl groups excluding tert-OH is 1. The molecule has 3 aromatic rings. The van der Waals surface area contributed by atoms with E-state index in [1.165, 1.54) is 12.1 Å². The van der Waals surface area contributed by atoms with Gasteiger partial charge in [0.2, 0.25) is 0 Å². The first kappa shape index (κ1) is 31.8. The van der Waals surface area contributed by atoms with Crippen LogP contribution in [0.3, 0.4) is 0 Å². The number of hydrogen-bond acceptors (Lipinski definition) is 5. The van der Waals surface area contributed by atoms with Crippen molar-refractivity contribution < 1.29 is 27.4 Å². The highest BCUT2D eigenvalue weighted by Gasteiger charge is 2.33. The van der Waals surface area contributed by atoms with E-state index in [2.05, 4.69) is 21.2 Å². The van der Waals surface area contributed by atoms with Gasteiger partial charge in [0.1, 0.15) is 11.6 Å². The first-order chi connectivity index (χ1) is 18.9. The van der Waals surface area contributed by atoms with Gasteiger partial charge in [-0.2, -0.15) is 0 Å². The summed E-state index contributed by atoms with van der Waals surface area (Å²) in [6, 6.07) is 17.2. The van der Waals surface area contributed by atoms with Crippen molar-refractivity contribution in [2.24, 2.45) is 5.92 Å². The van der Waals surface area contributed by atoms with Crippen molar-refractivity contribution in [1.82, 2.24) is 5.32 Å². The Balaban J connectivity index is 1.83. The molecule has 0 saturated heterocycles. The summed E-state index contributed by atoms with van der Waals surface area (Å²) >= 11 is 3.45. The van der Waals surface area contributed by atoms with E-state index in [9.17, 15) is 22.7 Å². The summed E-state index contributed by atoms with van der Waals surface area (Å²) in [5.74, 6) is -0.303. The summed E-state index contributed by atoms with van der Waals surface area (Å²) in [6.07, 6.45) is -0.707. The van der Waals surface area contributed by atoms with Crippen LogP contribution in [0.5, 0.6) is 5.75 Å². The fourth-order valence-electron chi connectivity index (χ4n) is 4.74. The molecule has 9 heteroatoms. The number of aliphatic hydroxyl groups is 1. The van der Waals surface area contributed by atoms with Crippen molar-refractivity contribution in [3.8, 4) is 5.75 Å². The smallest absolute Gasteiger partial charge is 0.258 e. The maximum Gasteiger partial charge on any atom is 0.258 e. The van der Waals surface area contributed by atoms with Crippen molar-refractivity contribution >= 4 is 31.7 Å². The second kappa shape index (κ2) is 14.2. The molecule has 3 atom stereocenters. The highest BCUT2D eigenvalue weighted by atomic mass is 79.9. The molecule has 1 amide bonds. The predicted molar refractivity (Wildman–Crippen MR) is 159 cm³/mol. The van der Waals surface area contributed by atoms with Crippen LogP contribution < -0.4 is 10.1 Å². The minimum Gasteiger partial charge on any atom is -0.483 e. The lowest BCUT2D eigenvalue weighted by atomic mass is 9.95. The topological polar surface area (TPSA) is 92.7 Å². The molecule has 3 aromatic carbocycles. The Bertz CT molecular complexity index is 1370. The molecule has 0 aliphatic rings. The summed E-state index contributed by atoms with van der Waals surface area (Å²) in [6.45, 7) is 7.36. The van der Waals surface area contributed by atoms with Gasteiger partial charge in [0, 0.05) is 4.47 Å². The Morgan fingerprint density at radius 1 is 1.00 bits per heavy atom. The van der Waals surface area contributed by atoms with Crippen LogP contribution in [-0.4, -0.2) is 43.4 Å². The Labute approximate surface area is 245 Å². The van der Waals surface area contributed by atoms with Crippen LogP contribution in [0.15, 0.2) is 76.1 Å². The van der Waals surface area contributed by atoms with Crippen molar-refractivity contribution in [1.29, 1.82) is 0 Å². The Morgan fingerprint density at radius 3 is 2.23 bits per heavy atom. The van der Waals surface area contributed by atoms with Gasteiger partial charge in [-0.3, -0.25) is 4.79 Å². The van der Waals surface area contributed by atoms with Gasteiger partial charge in [0.25, 0.3) is 5.91 Å². The van der Waals surface area contributed by atoms with Gasteiger partial charge in [-0.25, -0.2) is 12.8 Å². The summed E-state index contributed by atoms with van der Waals surface area (Å²) in [5, 5.41) is 13.4. The third-order valence-corrected chi connectivity index (χ3v) is 9.42. The predicted octanol–water partition coefficient (Wildman–Crippen LogP) is 5.95. The molecular formula is C31H37BrFNO5S. The van der Waals surface area contributed by atoms with Crippen LogP contribution in [0.1, 0.15) is 43.4 Å². The molecule has 0 bridgehead atoms. The van der Waals surface area contributed by atoms with Crippen molar-refractivity contribution in [3.05, 3.63) is 93.7 Å². The van der Waals surface area contributed by atoms with Crippen LogP contribution in [0, 0.1) is 25.6 Å². The maximum absolute atomic E-state index is 13.5. The number of amides is 1. The molecule has 0 radical (unpaired) electrons. The van der Waals surface area contributed by atoms with Crippen molar-refractivity contribution in [2.75, 3.05) is 6.61 Å². The Morgan fingerprint density at radius 2 is 1.62 bits per heavy atom. The largest absolute Gasteiger partial charge is 0.483 e. The first-order valence-corrected chi connectivity index (χ1v) is 15.6. The number of sulfone groups is 1. The second-order valence-corrected chi connectivity index (χ2v) is 13.7. The zero-order valence-electron chi connectivity index (χ0n) is 23.2. The van der Waals surface area contributed by atoms with Crippen LogP contribution >= 0.6 is 15.9 Å². The lowest BCUT2D eigenvalue weighted by molar-refractivity contribution is -0.124. The zero-order valence-corrected chi connectivity index (χ0v) is 25.6. The Kier molecular flexibility index (Phi) is 11.3. The molecule has 0 aliphatic heterocycles. The van der Waals surface area contributed by atoms with E-state index < -0.39 is 39.0 Å². The monoisotopic (exact) mass is 633 g/mol. The minimum atomic E-state index is -3.88. The average molecular weight is 635 g/mol. The summed E-state index contributed by atoms with van der Waals surface area (Å²) in [7, 11) is -3.88. The molecule has 0 fully saturated rings. The number of para-hydroxylation sites is 1. The summed E-state index contributed by atoms with van der Waals surface area (Å²) in [4.78, 5) is 13.0. The van der Waals surface area contributed by atoms with E-state index in [0.29, 0.717) is 12.2 Å². The Hall–Kier alpha value is -2.75. The number of nitrogens with one attached hydrogen (secondary N) is 1. The van der Waals surface area contributed by atoms with E-state index >= 15 is 0 Å². The molecule has 0 aliphatic carbocycles. The number of aryl methyl sites for hydroxylation is 2. The van der Waals surface area contributed by atoms with Gasteiger partial charge in [-0.05, 0) is 92.1 Å².